The van der Waals surface area contributed by atoms with E-state index in [9.17, 15) is 4.79 Å². The van der Waals surface area contributed by atoms with Crippen LogP contribution in [-0.4, -0.2) is 18.0 Å². The van der Waals surface area contributed by atoms with E-state index in [4.69, 9.17) is 4.74 Å². The Morgan fingerprint density at radius 3 is 2.24 bits per heavy atom. The summed E-state index contributed by atoms with van der Waals surface area (Å²) in [5.74, 6) is 2.58. The molecule has 0 aromatic carbocycles. The van der Waals surface area contributed by atoms with E-state index in [1.807, 2.05) is 0 Å². The van der Waals surface area contributed by atoms with Gasteiger partial charge in [-0.15, -0.1) is 0 Å². The second kappa shape index (κ2) is 4.38. The molecule has 0 aromatic heterocycles. The Kier molecular flexibility index (Phi) is 3.02. The van der Waals surface area contributed by atoms with Gasteiger partial charge in [-0.2, -0.15) is 0 Å². The maximum Gasteiger partial charge on any atom is 0.141 e. The van der Waals surface area contributed by atoms with Crippen LogP contribution >= 0.6 is 0 Å². The summed E-state index contributed by atoms with van der Waals surface area (Å²) >= 11 is 0. The molecule has 2 heteroatoms. The van der Waals surface area contributed by atoms with Gasteiger partial charge in [0.25, 0.3) is 0 Å². The summed E-state index contributed by atoms with van der Waals surface area (Å²) in [6, 6.07) is 0. The molecule has 1 aliphatic carbocycles. The quantitative estimate of drug-likeness (QED) is 0.736. The minimum Gasteiger partial charge on any atom is -0.374 e. The predicted octanol–water partition coefficient (Wildman–Crippen LogP) is 3.20. The Morgan fingerprint density at radius 1 is 1.00 bits per heavy atom. The Morgan fingerprint density at radius 2 is 1.71 bits per heavy atom. The molecular formula is C15H24O2. The van der Waals surface area contributed by atoms with Crippen molar-refractivity contribution in [2.24, 2.45) is 23.7 Å². The maximum absolute atomic E-state index is 12.6. The molecule has 2 bridgehead atoms. The molecule has 3 fully saturated rings. The van der Waals surface area contributed by atoms with E-state index >= 15 is 0 Å². The number of Topliss-reactive ketones (excluding diaryl/α,β-unsaturated/α-hetero) is 1. The number of fused-ring (bicyclic) bond motifs is 2. The molecule has 3 aliphatic rings. The van der Waals surface area contributed by atoms with Crippen molar-refractivity contribution < 1.29 is 9.53 Å². The summed E-state index contributed by atoms with van der Waals surface area (Å²) in [7, 11) is 0. The average Bonchev–Trinajstić information content (AvgIpc) is 2.88. The highest BCUT2D eigenvalue weighted by Gasteiger charge is 2.46. The van der Waals surface area contributed by atoms with Crippen molar-refractivity contribution in [1.29, 1.82) is 0 Å². The fraction of sp³-hybridized carbons (Fsp3) is 0.933. The lowest BCUT2D eigenvalue weighted by Crippen LogP contribution is -2.34. The molecule has 96 valence electrons. The summed E-state index contributed by atoms with van der Waals surface area (Å²) in [4.78, 5) is 12.6. The normalized spacial score (nSPS) is 49.5. The second-order valence-electron chi connectivity index (χ2n) is 6.73. The van der Waals surface area contributed by atoms with Gasteiger partial charge in [-0.25, -0.2) is 0 Å². The van der Waals surface area contributed by atoms with Crippen molar-refractivity contribution in [3.63, 3.8) is 0 Å². The van der Waals surface area contributed by atoms with E-state index in [1.165, 1.54) is 12.8 Å². The molecule has 5 atom stereocenters. The van der Waals surface area contributed by atoms with Crippen LogP contribution in [0.25, 0.3) is 0 Å². The number of ketones is 1. The molecule has 0 amide bonds. The van der Waals surface area contributed by atoms with Gasteiger partial charge in [-0.05, 0) is 50.4 Å². The van der Waals surface area contributed by atoms with E-state index in [2.05, 4.69) is 13.8 Å². The number of hydrogen-bond acceptors (Lipinski definition) is 2. The zero-order valence-corrected chi connectivity index (χ0v) is 11.0. The lowest BCUT2D eigenvalue weighted by molar-refractivity contribution is -0.130. The monoisotopic (exact) mass is 236 g/mol. The Bertz CT molecular complexity index is 302. The van der Waals surface area contributed by atoms with E-state index in [-0.39, 0.29) is 12.0 Å². The summed E-state index contributed by atoms with van der Waals surface area (Å²) in [5.41, 5.74) is 0. The van der Waals surface area contributed by atoms with Gasteiger partial charge >= 0.3 is 0 Å². The lowest BCUT2D eigenvalue weighted by atomic mass is 9.71. The first-order valence-corrected chi connectivity index (χ1v) is 7.32. The second-order valence-corrected chi connectivity index (χ2v) is 6.73. The third kappa shape index (κ3) is 2.16. The van der Waals surface area contributed by atoms with Gasteiger partial charge in [0.2, 0.25) is 0 Å². The molecule has 2 saturated heterocycles. The van der Waals surface area contributed by atoms with Crippen LogP contribution in [0.15, 0.2) is 0 Å². The highest BCUT2D eigenvalue weighted by Crippen LogP contribution is 2.43. The van der Waals surface area contributed by atoms with E-state index < -0.39 is 0 Å². The molecule has 3 rings (SSSR count). The number of carbonyl (C=O) groups excluding carboxylic acids is 1. The topological polar surface area (TPSA) is 26.3 Å². The van der Waals surface area contributed by atoms with Gasteiger partial charge in [0, 0.05) is 11.8 Å². The Balaban J connectivity index is 1.65. The molecule has 2 nitrogen and oxygen atoms in total. The molecule has 0 N–H and O–H groups in total. The highest BCUT2D eigenvalue weighted by atomic mass is 16.5. The van der Waals surface area contributed by atoms with Gasteiger partial charge in [-0.3, -0.25) is 4.79 Å². The number of ether oxygens (including phenoxy) is 1. The fourth-order valence-corrected chi connectivity index (χ4v) is 4.42. The van der Waals surface area contributed by atoms with Crippen molar-refractivity contribution in [3.05, 3.63) is 0 Å². The Labute approximate surface area is 104 Å². The average molecular weight is 236 g/mol. The minimum atomic E-state index is 0.247. The zero-order valence-electron chi connectivity index (χ0n) is 11.0. The van der Waals surface area contributed by atoms with Crippen molar-refractivity contribution in [3.8, 4) is 0 Å². The summed E-state index contributed by atoms with van der Waals surface area (Å²) in [6.45, 7) is 4.60. The van der Waals surface area contributed by atoms with Crippen LogP contribution < -0.4 is 0 Å². The van der Waals surface area contributed by atoms with Crippen molar-refractivity contribution in [2.45, 2.75) is 64.6 Å². The van der Waals surface area contributed by atoms with Crippen molar-refractivity contribution in [2.75, 3.05) is 0 Å². The highest BCUT2D eigenvalue weighted by molar-refractivity contribution is 5.84. The first-order chi connectivity index (χ1) is 8.13. The molecule has 2 aliphatic heterocycles. The molecule has 1 saturated carbocycles. The molecule has 0 spiro atoms. The molecule has 5 unspecified atom stereocenters. The van der Waals surface area contributed by atoms with Crippen molar-refractivity contribution >= 4 is 5.78 Å². The van der Waals surface area contributed by atoms with Crippen LogP contribution in [0.1, 0.15) is 52.4 Å². The van der Waals surface area contributed by atoms with Crippen LogP contribution in [0.2, 0.25) is 0 Å². The van der Waals surface area contributed by atoms with Gasteiger partial charge in [0.1, 0.15) is 5.78 Å². The first kappa shape index (κ1) is 11.7. The molecule has 0 radical (unpaired) electrons. The van der Waals surface area contributed by atoms with Gasteiger partial charge in [-0.1, -0.05) is 13.8 Å². The number of hydrogen-bond donors (Lipinski definition) is 0. The largest absolute Gasteiger partial charge is 0.374 e. The molecule has 0 aromatic rings. The SMILES string of the molecule is CC1CC(C)CC(C(=O)C2CC3CCC2O3)C1. The predicted molar refractivity (Wildman–Crippen MR) is 66.7 cm³/mol. The van der Waals surface area contributed by atoms with E-state index in [0.29, 0.717) is 17.8 Å². The van der Waals surface area contributed by atoms with Crippen LogP contribution in [0.5, 0.6) is 0 Å². The van der Waals surface area contributed by atoms with Crippen LogP contribution in [0, 0.1) is 23.7 Å². The molecule has 2 heterocycles. The molecule has 17 heavy (non-hydrogen) atoms. The summed E-state index contributed by atoms with van der Waals surface area (Å²) in [5, 5.41) is 0. The third-order valence-electron chi connectivity index (χ3n) is 5.05. The van der Waals surface area contributed by atoms with Gasteiger partial charge in [0.05, 0.1) is 12.2 Å². The Hall–Kier alpha value is -0.370. The lowest BCUT2D eigenvalue weighted by Gasteiger charge is -2.33. The number of rotatable bonds is 2. The van der Waals surface area contributed by atoms with Crippen LogP contribution in [-0.2, 0) is 9.53 Å². The maximum atomic E-state index is 12.6. The van der Waals surface area contributed by atoms with Crippen LogP contribution in [0.4, 0.5) is 0 Å². The van der Waals surface area contributed by atoms with Crippen LogP contribution in [0.3, 0.4) is 0 Å². The standard InChI is InChI=1S/C15H24O2/c1-9-5-10(2)7-11(6-9)15(16)13-8-12-3-4-14(13)17-12/h9-14H,3-8H2,1-2H3. The summed E-state index contributed by atoms with van der Waals surface area (Å²) in [6.07, 6.45) is 7.56. The van der Waals surface area contributed by atoms with Crippen molar-refractivity contribution in [1.82, 2.24) is 0 Å². The molecular weight excluding hydrogens is 212 g/mol. The minimum absolute atomic E-state index is 0.247. The summed E-state index contributed by atoms with van der Waals surface area (Å²) < 4.78 is 5.83. The van der Waals surface area contributed by atoms with Gasteiger partial charge < -0.3 is 4.74 Å². The van der Waals surface area contributed by atoms with Gasteiger partial charge in [0.15, 0.2) is 0 Å². The smallest absolute Gasteiger partial charge is 0.141 e. The zero-order chi connectivity index (χ0) is 12.0. The van der Waals surface area contributed by atoms with E-state index in [0.717, 1.165) is 37.5 Å². The number of carbonyl (C=O) groups is 1. The fourth-order valence-electron chi connectivity index (χ4n) is 4.42. The first-order valence-electron chi connectivity index (χ1n) is 7.32. The third-order valence-corrected chi connectivity index (χ3v) is 5.05. The van der Waals surface area contributed by atoms with E-state index in [1.54, 1.807) is 0 Å².